The summed E-state index contributed by atoms with van der Waals surface area (Å²) in [4.78, 5) is 0. The highest BCUT2D eigenvalue weighted by atomic mass is 35.6. The molecule has 0 aromatic rings. The van der Waals surface area contributed by atoms with Gasteiger partial charge in [-0.2, -0.15) is 11.1 Å². The molecule has 0 aromatic carbocycles. The van der Waals surface area contributed by atoms with E-state index in [0.29, 0.717) is 7.18 Å². The minimum absolute atomic E-state index is 0.500. The summed E-state index contributed by atoms with van der Waals surface area (Å²) < 4.78 is 9.50. The first-order valence-corrected chi connectivity index (χ1v) is 5.81. The molecular weight excluding hydrogens is 119 g/mol. The Balaban J connectivity index is 0. The van der Waals surface area contributed by atoms with E-state index in [-0.39, 0.29) is 0 Å². The number of hydrogen-bond donors (Lipinski definition) is 0. The van der Waals surface area contributed by atoms with Crippen LogP contribution in [0.3, 0.4) is 0 Å². The van der Waals surface area contributed by atoms with E-state index >= 15 is 0 Å². The van der Waals surface area contributed by atoms with Gasteiger partial charge in [-0.25, -0.2) is 0 Å². The summed E-state index contributed by atoms with van der Waals surface area (Å²) >= 11 is 5.41. The van der Waals surface area contributed by atoms with Gasteiger partial charge in [-0.3, -0.25) is 4.39 Å². The van der Waals surface area contributed by atoms with Gasteiger partial charge in [-0.05, 0) is 0 Å². The van der Waals surface area contributed by atoms with Crippen LogP contribution in [0.1, 0.15) is 0 Å². The summed E-state index contributed by atoms with van der Waals surface area (Å²) in [5.41, 5.74) is 0. The molecule has 0 radical (unpaired) electrons. The van der Waals surface area contributed by atoms with Gasteiger partial charge in [-0.1, -0.05) is 13.1 Å². The van der Waals surface area contributed by atoms with Gasteiger partial charge in [0.05, 0.1) is 7.18 Å². The Kier molecular flexibility index (Phi) is 14.6. The van der Waals surface area contributed by atoms with Crippen LogP contribution in [0.25, 0.3) is 0 Å². The Labute approximate surface area is 44.6 Å². The highest BCUT2D eigenvalue weighted by Crippen LogP contribution is 1.79. The van der Waals surface area contributed by atoms with Crippen LogP contribution in [0.5, 0.6) is 0 Å². The minimum atomic E-state index is -0.667. The molecule has 0 atom stereocenters. The van der Waals surface area contributed by atoms with Gasteiger partial charge in [0.2, 0.25) is 0 Å². The van der Waals surface area contributed by atoms with E-state index in [4.69, 9.17) is 11.1 Å². The molecule has 0 aromatic heterocycles. The molecule has 0 aliphatic rings. The summed E-state index contributed by atoms with van der Waals surface area (Å²) in [5.74, 6) is 0. The molecule has 0 amide bonds. The van der Waals surface area contributed by atoms with Crippen molar-refractivity contribution < 1.29 is 4.39 Å². The predicted molar refractivity (Wildman–Crippen MR) is 31.8 cm³/mol. The zero-order valence-electron chi connectivity index (χ0n) is 4.33. The molecule has 0 heterocycles. The van der Waals surface area contributed by atoms with Crippen molar-refractivity contribution in [2.45, 2.75) is 13.1 Å². The first kappa shape index (κ1) is 9.67. The summed E-state index contributed by atoms with van der Waals surface area (Å²) in [6.07, 6.45) is 0. The van der Waals surface area contributed by atoms with Crippen LogP contribution in [0.2, 0.25) is 13.1 Å². The lowest BCUT2D eigenvalue weighted by atomic mass is 11.9. The van der Waals surface area contributed by atoms with E-state index in [1.807, 2.05) is 0 Å². The van der Waals surface area contributed by atoms with E-state index < -0.39 is 8.11 Å². The van der Waals surface area contributed by atoms with Crippen molar-refractivity contribution in [1.82, 2.24) is 0 Å². The molecule has 0 saturated heterocycles. The smallest absolute Gasteiger partial charge is 0.134 e. The number of rotatable bonds is 0. The van der Waals surface area contributed by atoms with Crippen molar-refractivity contribution >= 4 is 19.2 Å². The summed E-state index contributed by atoms with van der Waals surface area (Å²) in [5, 5.41) is 0. The van der Waals surface area contributed by atoms with E-state index in [1.165, 1.54) is 0 Å². The molecule has 40 valence electrons. The van der Waals surface area contributed by atoms with E-state index in [0.717, 1.165) is 0 Å². The van der Waals surface area contributed by atoms with Crippen LogP contribution in [0.4, 0.5) is 4.39 Å². The first-order valence-electron chi connectivity index (χ1n) is 1.75. The topological polar surface area (TPSA) is 0 Å². The van der Waals surface area contributed by atoms with Crippen LogP contribution in [-0.4, -0.2) is 15.3 Å². The third-order valence-electron chi connectivity index (χ3n) is 0. The maximum absolute atomic E-state index is 9.50. The standard InChI is InChI=1S/C2H7ClSi.CH3F/c1-4(2)3;1-2/h4H,1-2H3;1H3. The van der Waals surface area contributed by atoms with Crippen molar-refractivity contribution in [3.63, 3.8) is 0 Å². The first-order chi connectivity index (χ1) is 2.73. The largest absolute Gasteiger partial charge is 0.255 e. The van der Waals surface area contributed by atoms with Crippen LogP contribution in [0.15, 0.2) is 0 Å². The molecule has 0 nitrogen and oxygen atoms in total. The quantitative estimate of drug-likeness (QED) is 0.345. The molecule has 0 N–H and O–H groups in total. The number of halogens is 2. The van der Waals surface area contributed by atoms with Gasteiger partial charge in [0.1, 0.15) is 8.11 Å². The Hall–Kier alpha value is 0.437. The molecule has 0 bridgehead atoms. The summed E-state index contributed by atoms with van der Waals surface area (Å²) in [6, 6.07) is 0. The third kappa shape index (κ3) is 275. The number of alkyl halides is 1. The zero-order chi connectivity index (χ0) is 5.58. The number of hydrogen-bond acceptors (Lipinski definition) is 0. The average molecular weight is 129 g/mol. The molecule has 0 fully saturated rings. The van der Waals surface area contributed by atoms with Crippen LogP contribution >= 0.6 is 11.1 Å². The summed E-state index contributed by atoms with van der Waals surface area (Å²) in [7, 11) is -0.167. The van der Waals surface area contributed by atoms with Crippen LogP contribution in [0, 0.1) is 0 Å². The second kappa shape index (κ2) is 9.06. The Morgan fingerprint density at radius 1 is 1.33 bits per heavy atom. The lowest BCUT2D eigenvalue weighted by Gasteiger charge is -1.72. The maximum Gasteiger partial charge on any atom is 0.134 e. The highest BCUT2D eigenvalue weighted by molar-refractivity contribution is 7.05. The molecule has 0 aliphatic carbocycles. The summed E-state index contributed by atoms with van der Waals surface area (Å²) in [6.45, 7) is 4.14. The van der Waals surface area contributed by atoms with Gasteiger partial charge in [0, 0.05) is 0 Å². The van der Waals surface area contributed by atoms with E-state index in [1.54, 1.807) is 0 Å². The predicted octanol–water partition coefficient (Wildman–Crippen LogP) is 1.79. The molecule has 3 heteroatoms. The minimum Gasteiger partial charge on any atom is -0.255 e. The SMILES string of the molecule is CF.C[SiH](C)Cl. The normalized spacial score (nSPS) is 7.00. The zero-order valence-corrected chi connectivity index (χ0v) is 6.24. The second-order valence-corrected chi connectivity index (χ2v) is 5.66. The van der Waals surface area contributed by atoms with Gasteiger partial charge >= 0.3 is 0 Å². The van der Waals surface area contributed by atoms with Crippen molar-refractivity contribution in [2.75, 3.05) is 7.18 Å². The molecule has 6 heavy (non-hydrogen) atoms. The van der Waals surface area contributed by atoms with Crippen LogP contribution < -0.4 is 0 Å². The third-order valence-corrected chi connectivity index (χ3v) is 0. The Morgan fingerprint density at radius 3 is 1.33 bits per heavy atom. The monoisotopic (exact) mass is 128 g/mol. The van der Waals surface area contributed by atoms with E-state index in [9.17, 15) is 4.39 Å². The molecule has 0 rings (SSSR count). The Morgan fingerprint density at radius 2 is 1.33 bits per heavy atom. The fourth-order valence-corrected chi connectivity index (χ4v) is 0. The molecule has 0 spiro atoms. The highest BCUT2D eigenvalue weighted by Gasteiger charge is 1.76. The molecular formula is C3H10ClFSi. The average Bonchev–Trinajstić information content (AvgIpc) is 1.41. The Bertz CT molecular complexity index is 15.5. The second-order valence-electron chi connectivity index (χ2n) is 1.01. The van der Waals surface area contributed by atoms with Crippen molar-refractivity contribution in [2.24, 2.45) is 0 Å². The van der Waals surface area contributed by atoms with Crippen molar-refractivity contribution in [1.29, 1.82) is 0 Å². The van der Waals surface area contributed by atoms with Crippen LogP contribution in [-0.2, 0) is 0 Å². The fraction of sp³-hybridized carbons (Fsp3) is 1.00. The molecule has 0 unspecified atom stereocenters. The van der Waals surface area contributed by atoms with E-state index in [2.05, 4.69) is 13.1 Å². The van der Waals surface area contributed by atoms with Gasteiger partial charge in [0.25, 0.3) is 0 Å². The van der Waals surface area contributed by atoms with Gasteiger partial charge in [0.15, 0.2) is 0 Å². The molecule has 0 aliphatic heterocycles. The lowest BCUT2D eigenvalue weighted by Crippen LogP contribution is -1.78. The maximum atomic E-state index is 9.50. The van der Waals surface area contributed by atoms with Gasteiger partial charge in [-0.15, -0.1) is 0 Å². The fourth-order valence-electron chi connectivity index (χ4n) is 0. The van der Waals surface area contributed by atoms with Crippen molar-refractivity contribution in [3.05, 3.63) is 0 Å². The van der Waals surface area contributed by atoms with Crippen molar-refractivity contribution in [3.8, 4) is 0 Å². The molecule has 0 saturated carbocycles. The van der Waals surface area contributed by atoms with Gasteiger partial charge < -0.3 is 0 Å². The lowest BCUT2D eigenvalue weighted by molar-refractivity contribution is 0.636.